The molecule has 1 aliphatic heterocycles. The maximum atomic E-state index is 15.6. The number of hydrogen-bond donors (Lipinski definition) is 3. The molecule has 1 saturated heterocycles. The highest BCUT2D eigenvalue weighted by atomic mass is 19.1. The summed E-state index contributed by atoms with van der Waals surface area (Å²) in [5.74, 6) is -2.46. The Morgan fingerprint density at radius 1 is 1.27 bits per heavy atom. The zero-order valence-corrected chi connectivity index (χ0v) is 24.1. The van der Waals surface area contributed by atoms with E-state index in [2.05, 4.69) is 20.4 Å². The molecular formula is C28H28B3F2N7O4. The fourth-order valence-electron chi connectivity index (χ4n) is 5.31. The van der Waals surface area contributed by atoms with E-state index in [1.54, 1.807) is 0 Å². The van der Waals surface area contributed by atoms with Crippen molar-refractivity contribution in [2.45, 2.75) is 37.3 Å². The number of carbonyl (C=O) groups excluding carboxylic acids is 1. The van der Waals surface area contributed by atoms with Gasteiger partial charge < -0.3 is 30.5 Å². The second-order valence-corrected chi connectivity index (χ2v) is 10.6. The third-order valence-corrected chi connectivity index (χ3v) is 7.24. The Morgan fingerprint density at radius 3 is 2.75 bits per heavy atom. The number of aliphatic hydroxyl groups is 1. The molecule has 1 amide bonds. The fourth-order valence-corrected chi connectivity index (χ4v) is 5.31. The van der Waals surface area contributed by atoms with E-state index in [0.29, 0.717) is 30.6 Å². The van der Waals surface area contributed by atoms with Crippen LogP contribution in [0.5, 0.6) is 5.75 Å². The first kappa shape index (κ1) is 31.4. The summed E-state index contributed by atoms with van der Waals surface area (Å²) in [5, 5.41) is 15.4. The summed E-state index contributed by atoms with van der Waals surface area (Å²) in [6.07, 6.45) is 3.24. The van der Waals surface area contributed by atoms with E-state index < -0.39 is 22.8 Å². The number of halogens is 2. The Morgan fingerprint density at radius 2 is 2.05 bits per heavy atom. The number of amides is 1. The smallest absolute Gasteiger partial charge is 0.274 e. The summed E-state index contributed by atoms with van der Waals surface area (Å²) < 4.78 is 42.9. The van der Waals surface area contributed by atoms with Crippen LogP contribution in [0.1, 0.15) is 22.5 Å². The predicted molar refractivity (Wildman–Crippen MR) is 163 cm³/mol. The standard InChI is InChI=1S/C28H28B3F2N7O4/c1-14-3-4-21(44-28(29,30)31)22(23(14)33)26-35-6-5-19(37-26)27(42)38-20-10-18(32)24-17(11-36-40(24)7-8-43-2)25(20)39-12-15(34)9-16(39)13-41/h3-6,10-11,15-16,41H,7-9,12-13,34H2,1-2H3,(H,38,42)/t15-,16-/m0/s1. The average molecular weight is 597 g/mol. The molecule has 4 aromatic rings. The first-order chi connectivity index (χ1) is 20.9. The van der Waals surface area contributed by atoms with E-state index in [1.165, 1.54) is 55.4 Å². The van der Waals surface area contributed by atoms with Crippen LogP contribution in [-0.2, 0) is 11.3 Å². The molecule has 16 heteroatoms. The molecule has 2 aromatic heterocycles. The highest BCUT2D eigenvalue weighted by Gasteiger charge is 2.34. The molecule has 2 atom stereocenters. The number of nitrogens with one attached hydrogen (secondary N) is 1. The maximum absolute atomic E-state index is 15.6. The number of aromatic nitrogens is 4. The molecule has 11 nitrogen and oxygen atoms in total. The van der Waals surface area contributed by atoms with Crippen molar-refractivity contribution in [1.29, 1.82) is 0 Å². The molecule has 0 bridgehead atoms. The van der Waals surface area contributed by atoms with Gasteiger partial charge in [-0.2, -0.15) is 5.10 Å². The Kier molecular flexibility index (Phi) is 8.96. The van der Waals surface area contributed by atoms with Gasteiger partial charge in [-0.05, 0) is 36.3 Å². The van der Waals surface area contributed by atoms with Crippen molar-refractivity contribution < 1.29 is 28.2 Å². The molecule has 3 heterocycles. The fraction of sp³-hybridized carbons (Fsp3) is 0.357. The molecule has 1 fully saturated rings. The van der Waals surface area contributed by atoms with E-state index in [1.807, 2.05) is 4.90 Å². The van der Waals surface area contributed by atoms with E-state index in [-0.39, 0.29) is 64.8 Å². The summed E-state index contributed by atoms with van der Waals surface area (Å²) in [4.78, 5) is 23.8. The monoisotopic (exact) mass is 597 g/mol. The summed E-state index contributed by atoms with van der Waals surface area (Å²) in [6.45, 7) is 2.24. The number of anilines is 2. The lowest BCUT2D eigenvalue weighted by Gasteiger charge is -2.28. The van der Waals surface area contributed by atoms with Gasteiger partial charge in [0.25, 0.3) is 5.91 Å². The third kappa shape index (κ3) is 6.28. The van der Waals surface area contributed by atoms with Crippen LogP contribution in [0.2, 0.25) is 0 Å². The molecule has 1 aliphatic rings. The quantitative estimate of drug-likeness (QED) is 0.232. The number of hydrogen-bond acceptors (Lipinski definition) is 9. The third-order valence-electron chi connectivity index (χ3n) is 7.24. The van der Waals surface area contributed by atoms with Crippen molar-refractivity contribution in [2.75, 3.05) is 37.1 Å². The van der Waals surface area contributed by atoms with Gasteiger partial charge in [0.2, 0.25) is 0 Å². The van der Waals surface area contributed by atoms with Crippen molar-refractivity contribution in [3.05, 3.63) is 59.6 Å². The summed E-state index contributed by atoms with van der Waals surface area (Å²) in [7, 11) is 18.2. The SMILES string of the molecule is [B]C([B])([B])Oc1ccc(C)c(F)c1-c1nccc(C(=O)Nc2cc(F)c3c(cnn3CCOC)c2N2C[C@@H](N)C[C@H]2CO)n1. The molecular weight excluding hydrogens is 569 g/mol. The first-order valence-electron chi connectivity index (χ1n) is 13.7. The highest BCUT2D eigenvalue weighted by molar-refractivity contribution is 6.58. The van der Waals surface area contributed by atoms with Crippen LogP contribution in [0.15, 0.2) is 36.7 Å². The van der Waals surface area contributed by atoms with Crippen LogP contribution in [-0.4, -0.2) is 98.6 Å². The summed E-state index contributed by atoms with van der Waals surface area (Å²) >= 11 is 0. The minimum Gasteiger partial charge on any atom is -0.515 e. The number of rotatable bonds is 10. The molecule has 0 spiro atoms. The van der Waals surface area contributed by atoms with Crippen LogP contribution < -0.4 is 20.7 Å². The van der Waals surface area contributed by atoms with Gasteiger partial charge in [-0.3, -0.25) is 9.48 Å². The van der Waals surface area contributed by atoms with Gasteiger partial charge in [0.1, 0.15) is 46.3 Å². The predicted octanol–water partition coefficient (Wildman–Crippen LogP) is 1.37. The van der Waals surface area contributed by atoms with Gasteiger partial charge in [-0.1, -0.05) is 6.07 Å². The molecule has 222 valence electrons. The highest BCUT2D eigenvalue weighted by Crippen LogP contribution is 2.40. The van der Waals surface area contributed by atoms with E-state index in [9.17, 15) is 9.90 Å². The number of benzene rings is 2. The van der Waals surface area contributed by atoms with Crippen molar-refractivity contribution in [3.63, 3.8) is 0 Å². The zero-order valence-electron chi connectivity index (χ0n) is 24.1. The normalized spacial score (nSPS) is 16.9. The number of aryl methyl sites for hydroxylation is 1. The van der Waals surface area contributed by atoms with Gasteiger partial charge in [-0.15, -0.1) is 0 Å². The Balaban J connectivity index is 1.57. The molecule has 6 radical (unpaired) electrons. The number of fused-ring (bicyclic) bond motifs is 1. The molecule has 0 aliphatic carbocycles. The van der Waals surface area contributed by atoms with Gasteiger partial charge in [0.05, 0.1) is 48.9 Å². The van der Waals surface area contributed by atoms with Crippen LogP contribution >= 0.6 is 0 Å². The largest absolute Gasteiger partial charge is 0.515 e. The van der Waals surface area contributed by atoms with Crippen molar-refractivity contribution in [1.82, 2.24) is 19.7 Å². The summed E-state index contributed by atoms with van der Waals surface area (Å²) in [6, 6.07) is 4.68. The van der Waals surface area contributed by atoms with Crippen molar-refractivity contribution in [2.24, 2.45) is 5.73 Å². The minimum atomic E-state index is -2.13. The average Bonchev–Trinajstić information content (AvgIpc) is 3.57. The van der Waals surface area contributed by atoms with Gasteiger partial charge in [0.15, 0.2) is 11.6 Å². The minimum absolute atomic E-state index is 0.101. The van der Waals surface area contributed by atoms with E-state index in [4.69, 9.17) is 38.7 Å². The lowest BCUT2D eigenvalue weighted by molar-refractivity contribution is 0.102. The number of ether oxygens (including phenoxy) is 2. The molecule has 4 N–H and O–H groups in total. The second-order valence-electron chi connectivity index (χ2n) is 10.6. The Bertz CT molecular complexity index is 1700. The van der Waals surface area contributed by atoms with E-state index >= 15 is 8.78 Å². The Labute approximate surface area is 256 Å². The molecule has 0 saturated carbocycles. The Hall–Kier alpha value is -4.01. The van der Waals surface area contributed by atoms with Crippen LogP contribution in [0, 0.1) is 18.6 Å². The number of nitrogens with zero attached hydrogens (tertiary/aromatic N) is 5. The second kappa shape index (κ2) is 12.5. The van der Waals surface area contributed by atoms with Crippen LogP contribution in [0.25, 0.3) is 22.3 Å². The summed E-state index contributed by atoms with van der Waals surface area (Å²) in [5.41, 5.74) is 6.83. The molecule has 2 aromatic carbocycles. The molecule has 5 rings (SSSR count). The van der Waals surface area contributed by atoms with Crippen LogP contribution in [0.4, 0.5) is 20.2 Å². The number of methoxy groups -OCH3 is 1. The number of aliphatic hydroxyl groups excluding tert-OH is 1. The zero-order chi connectivity index (χ0) is 31.8. The lowest BCUT2D eigenvalue weighted by Crippen LogP contribution is -2.37. The molecule has 0 unspecified atom stereocenters. The number of carbonyl (C=O) groups is 1. The van der Waals surface area contributed by atoms with Gasteiger partial charge in [0, 0.05) is 37.3 Å². The van der Waals surface area contributed by atoms with Gasteiger partial charge in [-0.25, -0.2) is 18.7 Å². The topological polar surface area (TPSA) is 141 Å². The lowest BCUT2D eigenvalue weighted by atomic mass is 9.52. The first-order valence-corrected chi connectivity index (χ1v) is 13.7. The van der Waals surface area contributed by atoms with Crippen molar-refractivity contribution in [3.8, 4) is 17.1 Å². The maximum Gasteiger partial charge on any atom is 0.274 e. The molecule has 44 heavy (non-hydrogen) atoms. The van der Waals surface area contributed by atoms with E-state index in [0.717, 1.165) is 0 Å². The van der Waals surface area contributed by atoms with Crippen LogP contribution in [0.3, 0.4) is 0 Å². The number of nitrogens with two attached hydrogens (primary N) is 1. The van der Waals surface area contributed by atoms with Gasteiger partial charge >= 0.3 is 0 Å². The van der Waals surface area contributed by atoms with Crippen molar-refractivity contribution >= 4 is 51.7 Å².